The number of carbonyl (C=O) groups is 1. The molecule has 4 nitrogen and oxygen atoms in total. The molecule has 104 valence electrons. The van der Waals surface area contributed by atoms with Crippen molar-refractivity contribution in [2.24, 2.45) is 5.73 Å². The van der Waals surface area contributed by atoms with Crippen LogP contribution in [0.4, 0.5) is 5.69 Å². The first-order chi connectivity index (χ1) is 9.72. The zero-order valence-electron chi connectivity index (χ0n) is 11.5. The van der Waals surface area contributed by atoms with Crippen molar-refractivity contribution >= 4 is 11.6 Å². The number of nitrogens with two attached hydrogens (primary N) is 1. The minimum Gasteiger partial charge on any atom is -0.326 e. The Labute approximate surface area is 119 Å². The molecular formula is C16H19N3O. The summed E-state index contributed by atoms with van der Waals surface area (Å²) in [5.41, 5.74) is 9.10. The van der Waals surface area contributed by atoms with Crippen LogP contribution < -0.4 is 16.4 Å². The van der Waals surface area contributed by atoms with Gasteiger partial charge in [-0.1, -0.05) is 24.3 Å². The standard InChI is InChI=1S/C16H19N3O/c1-18-11-12-5-7-15(8-6-12)19-16(20)14-4-2-3-13(9-14)10-17/h2-9,18H,10-11,17H2,1H3,(H,19,20). The molecule has 0 saturated heterocycles. The Bertz CT molecular complexity index is 579. The summed E-state index contributed by atoms with van der Waals surface area (Å²) in [6.45, 7) is 1.24. The molecule has 0 aromatic heterocycles. The Morgan fingerprint density at radius 3 is 2.50 bits per heavy atom. The fourth-order valence-corrected chi connectivity index (χ4v) is 1.95. The van der Waals surface area contributed by atoms with Gasteiger partial charge in [-0.15, -0.1) is 0 Å². The van der Waals surface area contributed by atoms with Crippen molar-refractivity contribution in [1.29, 1.82) is 0 Å². The monoisotopic (exact) mass is 269 g/mol. The minimum absolute atomic E-state index is 0.123. The van der Waals surface area contributed by atoms with Crippen LogP contribution in [0.25, 0.3) is 0 Å². The molecule has 4 N–H and O–H groups in total. The van der Waals surface area contributed by atoms with E-state index in [0.717, 1.165) is 17.8 Å². The Morgan fingerprint density at radius 1 is 1.10 bits per heavy atom. The van der Waals surface area contributed by atoms with Crippen LogP contribution in [-0.4, -0.2) is 13.0 Å². The van der Waals surface area contributed by atoms with E-state index < -0.39 is 0 Å². The highest BCUT2D eigenvalue weighted by atomic mass is 16.1. The predicted octanol–water partition coefficient (Wildman–Crippen LogP) is 2.12. The van der Waals surface area contributed by atoms with E-state index in [-0.39, 0.29) is 5.91 Å². The Kier molecular flexibility index (Phi) is 4.87. The number of nitrogens with one attached hydrogen (secondary N) is 2. The van der Waals surface area contributed by atoms with Gasteiger partial charge in [-0.3, -0.25) is 4.79 Å². The predicted molar refractivity (Wildman–Crippen MR) is 81.5 cm³/mol. The van der Waals surface area contributed by atoms with Crippen LogP contribution >= 0.6 is 0 Å². The van der Waals surface area contributed by atoms with Gasteiger partial charge < -0.3 is 16.4 Å². The lowest BCUT2D eigenvalue weighted by atomic mass is 10.1. The molecule has 0 heterocycles. The highest BCUT2D eigenvalue weighted by Gasteiger charge is 2.06. The smallest absolute Gasteiger partial charge is 0.255 e. The Morgan fingerprint density at radius 2 is 1.85 bits per heavy atom. The van der Waals surface area contributed by atoms with Crippen LogP contribution in [0.15, 0.2) is 48.5 Å². The molecule has 2 rings (SSSR count). The van der Waals surface area contributed by atoms with Crippen LogP contribution in [0.2, 0.25) is 0 Å². The van der Waals surface area contributed by atoms with E-state index in [9.17, 15) is 4.79 Å². The number of rotatable bonds is 5. The molecule has 0 radical (unpaired) electrons. The first-order valence-electron chi connectivity index (χ1n) is 6.57. The number of hydrogen-bond acceptors (Lipinski definition) is 3. The molecule has 4 heteroatoms. The van der Waals surface area contributed by atoms with E-state index in [2.05, 4.69) is 10.6 Å². The average Bonchev–Trinajstić information content (AvgIpc) is 2.49. The molecule has 0 saturated carbocycles. The van der Waals surface area contributed by atoms with Gasteiger partial charge in [0.25, 0.3) is 5.91 Å². The maximum absolute atomic E-state index is 12.1. The maximum Gasteiger partial charge on any atom is 0.255 e. The van der Waals surface area contributed by atoms with Crippen LogP contribution in [-0.2, 0) is 13.1 Å². The van der Waals surface area contributed by atoms with Crippen molar-refractivity contribution in [2.45, 2.75) is 13.1 Å². The second-order valence-electron chi connectivity index (χ2n) is 4.59. The average molecular weight is 269 g/mol. The summed E-state index contributed by atoms with van der Waals surface area (Å²) < 4.78 is 0. The second kappa shape index (κ2) is 6.84. The van der Waals surface area contributed by atoms with Gasteiger partial charge in [-0.2, -0.15) is 0 Å². The molecule has 2 aromatic carbocycles. The lowest BCUT2D eigenvalue weighted by Gasteiger charge is -2.07. The molecule has 0 aliphatic carbocycles. The summed E-state index contributed by atoms with van der Waals surface area (Å²) in [6.07, 6.45) is 0. The summed E-state index contributed by atoms with van der Waals surface area (Å²) in [7, 11) is 1.90. The van der Waals surface area contributed by atoms with Crippen molar-refractivity contribution < 1.29 is 4.79 Å². The third kappa shape index (κ3) is 3.66. The zero-order chi connectivity index (χ0) is 14.4. The van der Waals surface area contributed by atoms with Gasteiger partial charge >= 0.3 is 0 Å². The third-order valence-electron chi connectivity index (χ3n) is 3.02. The molecule has 0 atom stereocenters. The molecule has 0 aliphatic heterocycles. The summed E-state index contributed by atoms with van der Waals surface area (Å²) in [5.74, 6) is -0.123. The van der Waals surface area contributed by atoms with E-state index in [4.69, 9.17) is 5.73 Å². The first-order valence-corrected chi connectivity index (χ1v) is 6.57. The highest BCUT2D eigenvalue weighted by molar-refractivity contribution is 6.04. The number of hydrogen-bond donors (Lipinski definition) is 3. The molecule has 1 amide bonds. The van der Waals surface area contributed by atoms with Gasteiger partial charge in [0.2, 0.25) is 0 Å². The SMILES string of the molecule is CNCc1ccc(NC(=O)c2cccc(CN)c2)cc1. The number of amides is 1. The zero-order valence-corrected chi connectivity index (χ0v) is 11.5. The topological polar surface area (TPSA) is 67.1 Å². The first kappa shape index (κ1) is 14.2. The van der Waals surface area contributed by atoms with Crippen LogP contribution in [0.3, 0.4) is 0 Å². The van der Waals surface area contributed by atoms with Crippen molar-refractivity contribution in [2.75, 3.05) is 12.4 Å². The second-order valence-corrected chi connectivity index (χ2v) is 4.59. The van der Waals surface area contributed by atoms with E-state index >= 15 is 0 Å². The molecule has 20 heavy (non-hydrogen) atoms. The molecule has 0 aliphatic rings. The Hall–Kier alpha value is -2.17. The van der Waals surface area contributed by atoms with E-state index in [1.54, 1.807) is 6.07 Å². The maximum atomic E-state index is 12.1. The molecule has 0 fully saturated rings. The quantitative estimate of drug-likeness (QED) is 0.779. The van der Waals surface area contributed by atoms with Crippen LogP contribution in [0.5, 0.6) is 0 Å². The Balaban J connectivity index is 2.06. The van der Waals surface area contributed by atoms with Gasteiger partial charge in [-0.25, -0.2) is 0 Å². The highest BCUT2D eigenvalue weighted by Crippen LogP contribution is 2.12. The van der Waals surface area contributed by atoms with Gasteiger partial charge in [0.15, 0.2) is 0 Å². The normalized spacial score (nSPS) is 10.3. The van der Waals surface area contributed by atoms with Gasteiger partial charge in [-0.05, 0) is 42.4 Å². The fourth-order valence-electron chi connectivity index (χ4n) is 1.95. The van der Waals surface area contributed by atoms with E-state index in [0.29, 0.717) is 12.1 Å². The largest absolute Gasteiger partial charge is 0.326 e. The molecule has 0 bridgehead atoms. The minimum atomic E-state index is -0.123. The van der Waals surface area contributed by atoms with Crippen molar-refractivity contribution in [3.63, 3.8) is 0 Å². The fraction of sp³-hybridized carbons (Fsp3) is 0.188. The molecule has 0 spiro atoms. The van der Waals surface area contributed by atoms with Gasteiger partial charge in [0.05, 0.1) is 0 Å². The molecule has 2 aromatic rings. The lowest BCUT2D eigenvalue weighted by Crippen LogP contribution is -2.12. The summed E-state index contributed by atoms with van der Waals surface area (Å²) in [5, 5.41) is 5.96. The molecular weight excluding hydrogens is 250 g/mol. The lowest BCUT2D eigenvalue weighted by molar-refractivity contribution is 0.102. The van der Waals surface area contributed by atoms with Crippen molar-refractivity contribution in [3.8, 4) is 0 Å². The van der Waals surface area contributed by atoms with Crippen LogP contribution in [0.1, 0.15) is 21.5 Å². The van der Waals surface area contributed by atoms with Crippen molar-refractivity contribution in [1.82, 2.24) is 5.32 Å². The summed E-state index contributed by atoms with van der Waals surface area (Å²) in [4.78, 5) is 12.1. The van der Waals surface area contributed by atoms with E-state index in [1.165, 1.54) is 5.56 Å². The number of benzene rings is 2. The summed E-state index contributed by atoms with van der Waals surface area (Å²) >= 11 is 0. The van der Waals surface area contributed by atoms with Crippen molar-refractivity contribution in [3.05, 3.63) is 65.2 Å². The van der Waals surface area contributed by atoms with Gasteiger partial charge in [0, 0.05) is 24.3 Å². The number of carbonyl (C=O) groups excluding carboxylic acids is 1. The number of anilines is 1. The van der Waals surface area contributed by atoms with E-state index in [1.807, 2.05) is 49.5 Å². The molecule has 0 unspecified atom stereocenters. The van der Waals surface area contributed by atoms with Crippen LogP contribution in [0, 0.1) is 0 Å². The summed E-state index contributed by atoms with van der Waals surface area (Å²) in [6, 6.07) is 15.1. The third-order valence-corrected chi connectivity index (χ3v) is 3.02. The van der Waals surface area contributed by atoms with Gasteiger partial charge in [0.1, 0.15) is 0 Å².